The molecule has 2 saturated heterocycles. The Balaban J connectivity index is 1.69. The first-order chi connectivity index (χ1) is 6.45. The molecule has 76 valence electrons. The second-order valence-electron chi connectivity index (χ2n) is 3.57. The van der Waals surface area contributed by atoms with Crippen molar-refractivity contribution in [2.45, 2.75) is 0 Å². The van der Waals surface area contributed by atoms with Crippen LogP contribution in [-0.4, -0.2) is 62.4 Å². The zero-order valence-corrected chi connectivity index (χ0v) is 8.05. The second-order valence-corrected chi connectivity index (χ2v) is 3.57. The van der Waals surface area contributed by atoms with Gasteiger partial charge >= 0.3 is 0 Å². The van der Waals surface area contributed by atoms with E-state index in [2.05, 4.69) is 26.2 Å². The molecule has 13 heavy (non-hydrogen) atoms. The van der Waals surface area contributed by atoms with Gasteiger partial charge in [0.25, 0.3) is 0 Å². The van der Waals surface area contributed by atoms with E-state index < -0.39 is 0 Å². The predicted octanol–water partition coefficient (Wildman–Crippen LogP) is -1.78. The van der Waals surface area contributed by atoms with E-state index in [0.29, 0.717) is 0 Å². The molecule has 2 aliphatic heterocycles. The summed E-state index contributed by atoms with van der Waals surface area (Å²) in [5.74, 6) is 0. The fourth-order valence-corrected chi connectivity index (χ4v) is 1.73. The summed E-state index contributed by atoms with van der Waals surface area (Å²) in [6.07, 6.45) is 0. The Hall–Kier alpha value is -0.200. The van der Waals surface area contributed by atoms with Crippen LogP contribution in [0.4, 0.5) is 0 Å². The van der Waals surface area contributed by atoms with Crippen LogP contribution >= 0.6 is 0 Å². The first kappa shape index (κ1) is 9.36. The molecule has 0 aromatic rings. The monoisotopic (exact) mass is 185 g/mol. The number of hydrogen-bond acceptors (Lipinski definition) is 5. The van der Waals surface area contributed by atoms with Gasteiger partial charge in [0.15, 0.2) is 0 Å². The van der Waals surface area contributed by atoms with Crippen LogP contribution in [-0.2, 0) is 0 Å². The number of hydrogen-bond donors (Lipinski definition) is 3. The first-order valence-electron chi connectivity index (χ1n) is 5.13. The van der Waals surface area contributed by atoms with Crippen molar-refractivity contribution in [2.75, 3.05) is 52.4 Å². The minimum atomic E-state index is 1.10. The first-order valence-corrected chi connectivity index (χ1v) is 5.13. The fraction of sp³-hybridized carbons (Fsp3) is 1.00. The standard InChI is InChI=1S/C8H19N5/c1-5-12(6-2-9-1)11-13-7-3-10-4-8-13/h9-11H,1-8H2. The van der Waals surface area contributed by atoms with E-state index in [-0.39, 0.29) is 0 Å². The van der Waals surface area contributed by atoms with E-state index in [1.54, 1.807) is 0 Å². The van der Waals surface area contributed by atoms with Crippen molar-refractivity contribution in [3.8, 4) is 0 Å². The van der Waals surface area contributed by atoms with Gasteiger partial charge in [-0.1, -0.05) is 0 Å². The maximum absolute atomic E-state index is 3.44. The SMILES string of the molecule is C1CN(NN2CCNCC2)CCN1. The van der Waals surface area contributed by atoms with Crippen LogP contribution in [0.5, 0.6) is 0 Å². The normalized spacial score (nSPS) is 27.7. The highest BCUT2D eigenvalue weighted by atomic mass is 15.8. The Bertz CT molecular complexity index is 123. The van der Waals surface area contributed by atoms with Crippen molar-refractivity contribution in [1.29, 1.82) is 0 Å². The summed E-state index contributed by atoms with van der Waals surface area (Å²) in [4.78, 5) is 0. The number of nitrogens with one attached hydrogen (secondary N) is 3. The van der Waals surface area contributed by atoms with Gasteiger partial charge < -0.3 is 10.6 Å². The molecule has 2 fully saturated rings. The highest BCUT2D eigenvalue weighted by Crippen LogP contribution is 1.92. The van der Waals surface area contributed by atoms with Crippen molar-refractivity contribution in [2.24, 2.45) is 0 Å². The molecule has 2 heterocycles. The molecule has 0 unspecified atom stereocenters. The molecule has 0 aliphatic carbocycles. The molecule has 0 amide bonds. The van der Waals surface area contributed by atoms with Crippen molar-refractivity contribution < 1.29 is 0 Å². The minimum absolute atomic E-state index is 1.10. The predicted molar refractivity (Wildman–Crippen MR) is 52.0 cm³/mol. The molecule has 2 rings (SSSR count). The van der Waals surface area contributed by atoms with E-state index in [9.17, 15) is 0 Å². The van der Waals surface area contributed by atoms with Gasteiger partial charge in [-0.05, 0) is 0 Å². The average molecular weight is 185 g/mol. The third kappa shape index (κ3) is 2.89. The Morgan fingerprint density at radius 1 is 0.692 bits per heavy atom. The molecule has 0 radical (unpaired) electrons. The van der Waals surface area contributed by atoms with E-state index >= 15 is 0 Å². The fourth-order valence-electron chi connectivity index (χ4n) is 1.73. The van der Waals surface area contributed by atoms with Crippen LogP contribution in [0.15, 0.2) is 0 Å². The zero-order chi connectivity index (χ0) is 8.93. The summed E-state index contributed by atoms with van der Waals surface area (Å²) in [5.41, 5.74) is 3.44. The molecular weight excluding hydrogens is 166 g/mol. The van der Waals surface area contributed by atoms with Crippen LogP contribution < -0.4 is 16.2 Å². The lowest BCUT2D eigenvalue weighted by atomic mass is 10.4. The van der Waals surface area contributed by atoms with Gasteiger partial charge in [-0.15, -0.1) is 0 Å². The molecule has 0 aromatic carbocycles. The van der Waals surface area contributed by atoms with Crippen molar-refractivity contribution in [1.82, 2.24) is 26.2 Å². The maximum Gasteiger partial charge on any atom is 0.0270 e. The van der Waals surface area contributed by atoms with Crippen LogP contribution in [0, 0.1) is 0 Å². The molecule has 0 bridgehead atoms. The molecule has 3 N–H and O–H groups in total. The lowest BCUT2D eigenvalue weighted by molar-refractivity contribution is 0.00740. The quantitative estimate of drug-likeness (QED) is 0.474. The average Bonchev–Trinajstić information content (AvgIpc) is 2.21. The van der Waals surface area contributed by atoms with Crippen LogP contribution in [0.25, 0.3) is 0 Å². The van der Waals surface area contributed by atoms with E-state index in [0.717, 1.165) is 52.4 Å². The number of hydrazine groups is 2. The van der Waals surface area contributed by atoms with Crippen molar-refractivity contribution >= 4 is 0 Å². The summed E-state index contributed by atoms with van der Waals surface area (Å²) < 4.78 is 0. The Kier molecular flexibility index (Phi) is 3.51. The number of nitrogens with zero attached hydrogens (tertiary/aromatic N) is 2. The zero-order valence-electron chi connectivity index (χ0n) is 8.05. The van der Waals surface area contributed by atoms with Crippen LogP contribution in [0.3, 0.4) is 0 Å². The maximum atomic E-state index is 3.44. The lowest BCUT2D eigenvalue weighted by Crippen LogP contribution is -2.60. The third-order valence-corrected chi connectivity index (χ3v) is 2.52. The van der Waals surface area contributed by atoms with Crippen LogP contribution in [0.1, 0.15) is 0 Å². The van der Waals surface area contributed by atoms with Gasteiger partial charge in [0, 0.05) is 52.4 Å². The number of piperazine rings is 2. The van der Waals surface area contributed by atoms with Gasteiger partial charge in [-0.3, -0.25) is 0 Å². The Morgan fingerprint density at radius 2 is 1.08 bits per heavy atom. The smallest absolute Gasteiger partial charge is 0.0270 e. The van der Waals surface area contributed by atoms with E-state index in [4.69, 9.17) is 0 Å². The highest BCUT2D eigenvalue weighted by Gasteiger charge is 2.14. The Labute approximate surface area is 79.4 Å². The van der Waals surface area contributed by atoms with Gasteiger partial charge in [0.05, 0.1) is 0 Å². The molecule has 2 aliphatic rings. The van der Waals surface area contributed by atoms with Crippen molar-refractivity contribution in [3.05, 3.63) is 0 Å². The molecule has 0 spiro atoms. The van der Waals surface area contributed by atoms with E-state index in [1.807, 2.05) is 0 Å². The third-order valence-electron chi connectivity index (χ3n) is 2.52. The number of rotatable bonds is 2. The topological polar surface area (TPSA) is 42.6 Å². The molecule has 0 saturated carbocycles. The summed E-state index contributed by atoms with van der Waals surface area (Å²) in [6.45, 7) is 8.79. The summed E-state index contributed by atoms with van der Waals surface area (Å²) in [6, 6.07) is 0. The summed E-state index contributed by atoms with van der Waals surface area (Å²) in [5, 5.41) is 11.3. The lowest BCUT2D eigenvalue weighted by Gasteiger charge is -2.35. The minimum Gasteiger partial charge on any atom is -0.314 e. The molecule has 5 heteroatoms. The highest BCUT2D eigenvalue weighted by molar-refractivity contribution is 4.67. The molecule has 0 atom stereocenters. The van der Waals surface area contributed by atoms with Crippen LogP contribution in [0.2, 0.25) is 0 Å². The Morgan fingerprint density at radius 3 is 1.46 bits per heavy atom. The van der Waals surface area contributed by atoms with Gasteiger partial charge in [0.2, 0.25) is 0 Å². The summed E-state index contributed by atoms with van der Waals surface area (Å²) in [7, 11) is 0. The molecule has 0 aromatic heterocycles. The van der Waals surface area contributed by atoms with Crippen molar-refractivity contribution in [3.63, 3.8) is 0 Å². The van der Waals surface area contributed by atoms with Gasteiger partial charge in [0.1, 0.15) is 0 Å². The van der Waals surface area contributed by atoms with Gasteiger partial charge in [-0.2, -0.15) is 5.53 Å². The molecule has 5 nitrogen and oxygen atoms in total. The van der Waals surface area contributed by atoms with Gasteiger partial charge in [-0.25, -0.2) is 10.0 Å². The summed E-state index contributed by atoms with van der Waals surface area (Å²) >= 11 is 0. The largest absolute Gasteiger partial charge is 0.314 e. The molecular formula is C8H19N5. The second kappa shape index (κ2) is 4.88. The van der Waals surface area contributed by atoms with E-state index in [1.165, 1.54) is 0 Å².